The van der Waals surface area contributed by atoms with Gasteiger partial charge in [0.15, 0.2) is 4.96 Å². The summed E-state index contributed by atoms with van der Waals surface area (Å²) < 4.78 is 1.90. The lowest BCUT2D eigenvalue weighted by molar-refractivity contribution is 1.06. The Morgan fingerprint density at radius 3 is 2.55 bits per heavy atom. The first-order valence-corrected chi connectivity index (χ1v) is 7.16. The van der Waals surface area contributed by atoms with E-state index in [-0.39, 0.29) is 0 Å². The van der Waals surface area contributed by atoms with Gasteiger partial charge in [0.25, 0.3) is 0 Å². The highest BCUT2D eigenvalue weighted by atomic mass is 32.1. The quantitative estimate of drug-likeness (QED) is 0.566. The van der Waals surface area contributed by atoms with Gasteiger partial charge in [0.2, 0.25) is 0 Å². The first-order valence-electron chi connectivity index (χ1n) is 6.34. The standard InChI is InChI=1S/C16H11N3S/c17-15-10-14(11-6-2-1-3-7-11)20-16-18-12-8-4-5-9-13(12)19(15)16/h1-10,17H. The van der Waals surface area contributed by atoms with Gasteiger partial charge in [-0.05, 0) is 23.8 Å². The highest BCUT2D eigenvalue weighted by molar-refractivity contribution is 7.20. The minimum absolute atomic E-state index is 0.464. The molecule has 0 radical (unpaired) electrons. The van der Waals surface area contributed by atoms with Gasteiger partial charge in [0.1, 0.15) is 5.49 Å². The molecular formula is C16H11N3S. The molecule has 2 aromatic heterocycles. The van der Waals surface area contributed by atoms with E-state index in [0.29, 0.717) is 5.49 Å². The highest BCUT2D eigenvalue weighted by Gasteiger charge is 2.08. The predicted octanol–water partition coefficient (Wildman–Crippen LogP) is 3.70. The molecule has 2 heterocycles. The van der Waals surface area contributed by atoms with Crippen molar-refractivity contribution in [3.8, 4) is 10.4 Å². The molecule has 0 fully saturated rings. The van der Waals surface area contributed by atoms with Crippen LogP contribution in [-0.2, 0) is 0 Å². The molecule has 4 aromatic rings. The number of hydrogen-bond acceptors (Lipinski definition) is 3. The molecular weight excluding hydrogens is 266 g/mol. The molecule has 4 rings (SSSR count). The molecule has 0 bridgehead atoms. The molecule has 0 saturated carbocycles. The maximum atomic E-state index is 8.28. The Morgan fingerprint density at radius 2 is 1.70 bits per heavy atom. The zero-order valence-corrected chi connectivity index (χ0v) is 11.4. The predicted molar refractivity (Wildman–Crippen MR) is 81.9 cm³/mol. The molecule has 20 heavy (non-hydrogen) atoms. The summed E-state index contributed by atoms with van der Waals surface area (Å²) in [5.74, 6) is 0. The van der Waals surface area contributed by atoms with Crippen LogP contribution in [0, 0.1) is 5.41 Å². The lowest BCUT2D eigenvalue weighted by atomic mass is 10.2. The van der Waals surface area contributed by atoms with Crippen LogP contribution < -0.4 is 5.49 Å². The second-order valence-electron chi connectivity index (χ2n) is 4.58. The van der Waals surface area contributed by atoms with E-state index in [9.17, 15) is 0 Å². The average Bonchev–Trinajstić information content (AvgIpc) is 2.87. The topological polar surface area (TPSA) is 41.2 Å². The van der Waals surface area contributed by atoms with Gasteiger partial charge in [-0.1, -0.05) is 53.8 Å². The summed E-state index contributed by atoms with van der Waals surface area (Å²) >= 11 is 1.61. The number of fused-ring (bicyclic) bond motifs is 3. The number of hydrogen-bond donors (Lipinski definition) is 1. The first kappa shape index (κ1) is 11.4. The number of rotatable bonds is 1. The summed E-state index contributed by atoms with van der Waals surface area (Å²) in [6, 6.07) is 20.0. The van der Waals surface area contributed by atoms with Crippen molar-refractivity contribution in [2.45, 2.75) is 0 Å². The van der Waals surface area contributed by atoms with E-state index < -0.39 is 0 Å². The minimum Gasteiger partial charge on any atom is -0.284 e. The van der Waals surface area contributed by atoms with E-state index in [4.69, 9.17) is 5.41 Å². The van der Waals surface area contributed by atoms with Crippen molar-refractivity contribution < 1.29 is 0 Å². The van der Waals surface area contributed by atoms with Crippen molar-refractivity contribution >= 4 is 27.3 Å². The fourth-order valence-corrected chi connectivity index (χ4v) is 3.42. The van der Waals surface area contributed by atoms with Gasteiger partial charge in [0.05, 0.1) is 11.0 Å². The third-order valence-electron chi connectivity index (χ3n) is 3.30. The van der Waals surface area contributed by atoms with E-state index in [1.165, 1.54) is 0 Å². The van der Waals surface area contributed by atoms with Crippen LogP contribution in [0.25, 0.3) is 26.4 Å². The summed E-state index contributed by atoms with van der Waals surface area (Å²) in [4.78, 5) is 6.55. The fourth-order valence-electron chi connectivity index (χ4n) is 2.37. The Morgan fingerprint density at radius 1 is 0.950 bits per heavy atom. The van der Waals surface area contributed by atoms with E-state index in [1.807, 2.05) is 52.9 Å². The number of benzene rings is 2. The Balaban J connectivity index is 2.09. The van der Waals surface area contributed by atoms with Gasteiger partial charge in [-0.2, -0.15) is 0 Å². The van der Waals surface area contributed by atoms with Crippen molar-refractivity contribution in [2.75, 3.05) is 0 Å². The monoisotopic (exact) mass is 277 g/mol. The Hall–Kier alpha value is -2.46. The highest BCUT2D eigenvalue weighted by Crippen LogP contribution is 2.26. The second kappa shape index (κ2) is 4.28. The molecule has 96 valence electrons. The van der Waals surface area contributed by atoms with Crippen molar-refractivity contribution in [3.63, 3.8) is 0 Å². The van der Waals surface area contributed by atoms with Gasteiger partial charge >= 0.3 is 0 Å². The molecule has 0 atom stereocenters. The first-order chi connectivity index (χ1) is 9.83. The number of para-hydroxylation sites is 2. The fraction of sp³-hybridized carbons (Fsp3) is 0. The van der Waals surface area contributed by atoms with Crippen LogP contribution in [0.1, 0.15) is 0 Å². The lowest BCUT2D eigenvalue weighted by Crippen LogP contribution is -2.10. The third-order valence-corrected chi connectivity index (χ3v) is 4.33. The SMILES string of the molecule is N=c1cc(-c2ccccc2)sc2nc3ccccc3n12. The van der Waals surface area contributed by atoms with E-state index in [2.05, 4.69) is 17.1 Å². The molecule has 0 aliphatic carbocycles. The van der Waals surface area contributed by atoms with Gasteiger partial charge in [-0.3, -0.25) is 9.81 Å². The third kappa shape index (κ3) is 1.66. The average molecular weight is 277 g/mol. The molecule has 0 spiro atoms. The van der Waals surface area contributed by atoms with E-state index >= 15 is 0 Å². The van der Waals surface area contributed by atoms with Crippen LogP contribution in [0.15, 0.2) is 60.7 Å². The summed E-state index contributed by atoms with van der Waals surface area (Å²) in [6.45, 7) is 0. The number of nitrogens with zero attached hydrogens (tertiary/aromatic N) is 2. The largest absolute Gasteiger partial charge is 0.284 e. The Labute approximate surface area is 119 Å². The smallest absolute Gasteiger partial charge is 0.196 e. The Bertz CT molecular complexity index is 967. The van der Waals surface area contributed by atoms with E-state index in [0.717, 1.165) is 26.4 Å². The number of imidazole rings is 1. The summed E-state index contributed by atoms with van der Waals surface area (Å²) in [5.41, 5.74) is 3.51. The van der Waals surface area contributed by atoms with Gasteiger partial charge in [0, 0.05) is 4.88 Å². The van der Waals surface area contributed by atoms with Gasteiger partial charge in [-0.15, -0.1) is 0 Å². The van der Waals surface area contributed by atoms with Crippen LogP contribution in [0.5, 0.6) is 0 Å². The molecule has 1 N–H and O–H groups in total. The van der Waals surface area contributed by atoms with Gasteiger partial charge in [-0.25, -0.2) is 4.98 Å². The molecule has 0 saturated heterocycles. The van der Waals surface area contributed by atoms with Crippen molar-refractivity contribution in [1.29, 1.82) is 5.41 Å². The summed E-state index contributed by atoms with van der Waals surface area (Å²) in [6.07, 6.45) is 0. The molecule has 2 aromatic carbocycles. The van der Waals surface area contributed by atoms with Crippen LogP contribution in [0.3, 0.4) is 0 Å². The minimum atomic E-state index is 0.464. The molecule has 0 aliphatic heterocycles. The van der Waals surface area contributed by atoms with Crippen LogP contribution in [0.4, 0.5) is 0 Å². The number of nitrogens with one attached hydrogen (secondary N) is 1. The zero-order valence-electron chi connectivity index (χ0n) is 10.6. The van der Waals surface area contributed by atoms with Gasteiger partial charge < -0.3 is 0 Å². The van der Waals surface area contributed by atoms with Crippen LogP contribution >= 0.6 is 11.3 Å². The lowest BCUT2D eigenvalue weighted by Gasteiger charge is -2.01. The molecule has 0 aliphatic rings. The summed E-state index contributed by atoms with van der Waals surface area (Å²) in [5, 5.41) is 8.28. The van der Waals surface area contributed by atoms with Crippen LogP contribution in [-0.4, -0.2) is 9.38 Å². The molecule has 3 nitrogen and oxygen atoms in total. The van der Waals surface area contributed by atoms with E-state index in [1.54, 1.807) is 11.3 Å². The van der Waals surface area contributed by atoms with Crippen LogP contribution in [0.2, 0.25) is 0 Å². The molecule has 0 unspecified atom stereocenters. The molecule has 0 amide bonds. The summed E-state index contributed by atoms with van der Waals surface area (Å²) in [7, 11) is 0. The van der Waals surface area contributed by atoms with Crippen molar-refractivity contribution in [3.05, 3.63) is 66.2 Å². The van der Waals surface area contributed by atoms with Crippen molar-refractivity contribution in [1.82, 2.24) is 9.38 Å². The maximum absolute atomic E-state index is 8.28. The maximum Gasteiger partial charge on any atom is 0.196 e. The number of aromatic nitrogens is 2. The molecule has 4 heteroatoms. The van der Waals surface area contributed by atoms with Crippen molar-refractivity contribution in [2.24, 2.45) is 0 Å². The zero-order chi connectivity index (χ0) is 13.5. The second-order valence-corrected chi connectivity index (χ2v) is 5.59. The Kier molecular flexibility index (Phi) is 2.44. The normalized spacial score (nSPS) is 11.2.